The standard InChI is InChI=1S/C21H21N3O3S/c1-2-4-14-6-8-15(9-7-14)20(19-5-3-12-28-19)23-17-11-10-16(21(22)25)13-18(17)24(26)27/h3,5-13,20,23H,2,4H2,1H3,(H2,22,25)/t20-/m0/s1. The number of amides is 1. The number of aryl methyl sites for hydroxylation is 1. The lowest BCUT2D eigenvalue weighted by molar-refractivity contribution is -0.384. The van der Waals surface area contributed by atoms with Gasteiger partial charge in [0, 0.05) is 16.5 Å². The Bertz CT molecular complexity index is 969. The lowest BCUT2D eigenvalue weighted by atomic mass is 10.0. The maximum Gasteiger partial charge on any atom is 0.293 e. The molecule has 0 spiro atoms. The fourth-order valence-corrected chi connectivity index (χ4v) is 3.86. The number of hydrogen-bond acceptors (Lipinski definition) is 5. The van der Waals surface area contributed by atoms with E-state index in [9.17, 15) is 14.9 Å². The van der Waals surface area contributed by atoms with Crippen LogP contribution in [0.5, 0.6) is 0 Å². The van der Waals surface area contributed by atoms with Gasteiger partial charge in [-0.05, 0) is 41.1 Å². The summed E-state index contributed by atoms with van der Waals surface area (Å²) in [6, 6.07) is 16.2. The summed E-state index contributed by atoms with van der Waals surface area (Å²) in [6.07, 6.45) is 2.09. The molecule has 1 heterocycles. The predicted octanol–water partition coefficient (Wildman–Crippen LogP) is 4.91. The molecule has 0 bridgehead atoms. The Hall–Kier alpha value is -3.19. The Kier molecular flexibility index (Phi) is 6.06. The van der Waals surface area contributed by atoms with Crippen LogP contribution in [0.3, 0.4) is 0 Å². The number of carbonyl (C=O) groups is 1. The van der Waals surface area contributed by atoms with Crippen LogP contribution in [0.15, 0.2) is 60.0 Å². The molecule has 6 nitrogen and oxygen atoms in total. The third kappa shape index (κ3) is 4.37. The van der Waals surface area contributed by atoms with Crippen molar-refractivity contribution >= 4 is 28.6 Å². The van der Waals surface area contributed by atoms with E-state index < -0.39 is 10.8 Å². The first-order valence-corrected chi connectivity index (χ1v) is 9.84. The summed E-state index contributed by atoms with van der Waals surface area (Å²) < 4.78 is 0. The summed E-state index contributed by atoms with van der Waals surface area (Å²) in [5.41, 5.74) is 7.79. The molecule has 0 radical (unpaired) electrons. The molecule has 0 aliphatic heterocycles. The Morgan fingerprint density at radius 3 is 2.54 bits per heavy atom. The van der Waals surface area contributed by atoms with Crippen molar-refractivity contribution in [3.63, 3.8) is 0 Å². The van der Waals surface area contributed by atoms with Gasteiger partial charge in [-0.2, -0.15) is 0 Å². The molecule has 0 saturated heterocycles. The van der Waals surface area contributed by atoms with E-state index >= 15 is 0 Å². The first-order chi connectivity index (χ1) is 13.5. The molecule has 28 heavy (non-hydrogen) atoms. The van der Waals surface area contributed by atoms with Crippen LogP contribution in [0.1, 0.15) is 45.7 Å². The minimum atomic E-state index is -0.698. The molecule has 0 unspecified atom stereocenters. The molecule has 3 rings (SSSR count). The van der Waals surface area contributed by atoms with Crippen LogP contribution >= 0.6 is 11.3 Å². The molecule has 0 aliphatic carbocycles. The number of nitrogens with zero attached hydrogens (tertiary/aromatic N) is 1. The van der Waals surface area contributed by atoms with Crippen LogP contribution in [0.2, 0.25) is 0 Å². The SMILES string of the molecule is CCCc1ccc([C@H](Nc2ccc(C(N)=O)cc2[N+](=O)[O-])c2cccs2)cc1. The van der Waals surface area contributed by atoms with Gasteiger partial charge < -0.3 is 11.1 Å². The summed E-state index contributed by atoms with van der Waals surface area (Å²) in [6.45, 7) is 2.14. The molecule has 144 valence electrons. The topological polar surface area (TPSA) is 98.3 Å². The van der Waals surface area contributed by atoms with Gasteiger partial charge in [-0.3, -0.25) is 14.9 Å². The van der Waals surface area contributed by atoms with Crippen LogP contribution in [-0.4, -0.2) is 10.8 Å². The van der Waals surface area contributed by atoms with Crippen molar-refractivity contribution in [2.24, 2.45) is 5.73 Å². The number of carbonyl (C=O) groups excluding carboxylic acids is 1. The number of rotatable bonds is 8. The number of thiophene rings is 1. The van der Waals surface area contributed by atoms with Gasteiger partial charge in [-0.25, -0.2) is 0 Å². The molecule has 3 N–H and O–H groups in total. The summed E-state index contributed by atoms with van der Waals surface area (Å²) in [5.74, 6) is -0.698. The minimum absolute atomic E-state index is 0.105. The number of benzene rings is 2. The largest absolute Gasteiger partial charge is 0.368 e. The molecule has 1 amide bonds. The number of hydrogen-bond donors (Lipinski definition) is 2. The molecular weight excluding hydrogens is 374 g/mol. The van der Waals surface area contributed by atoms with Gasteiger partial charge in [0.25, 0.3) is 5.69 Å². The third-order valence-electron chi connectivity index (χ3n) is 4.46. The second kappa shape index (κ2) is 8.67. The van der Waals surface area contributed by atoms with Gasteiger partial charge in [-0.1, -0.05) is 43.7 Å². The van der Waals surface area contributed by atoms with Crippen molar-refractivity contribution in [2.75, 3.05) is 5.32 Å². The highest BCUT2D eigenvalue weighted by molar-refractivity contribution is 7.10. The molecule has 7 heteroatoms. The first-order valence-electron chi connectivity index (χ1n) is 8.96. The van der Waals surface area contributed by atoms with E-state index in [1.807, 2.05) is 29.6 Å². The van der Waals surface area contributed by atoms with Crippen molar-refractivity contribution in [2.45, 2.75) is 25.8 Å². The highest BCUT2D eigenvalue weighted by Gasteiger charge is 2.22. The van der Waals surface area contributed by atoms with Gasteiger partial charge in [0.2, 0.25) is 5.91 Å². The Morgan fingerprint density at radius 1 is 1.21 bits per heavy atom. The number of nitrogens with two attached hydrogens (primary N) is 1. The Morgan fingerprint density at radius 2 is 1.96 bits per heavy atom. The van der Waals surface area contributed by atoms with E-state index in [0.29, 0.717) is 5.69 Å². The highest BCUT2D eigenvalue weighted by atomic mass is 32.1. The summed E-state index contributed by atoms with van der Waals surface area (Å²) >= 11 is 1.58. The molecule has 0 saturated carbocycles. The average Bonchev–Trinajstić information content (AvgIpc) is 3.21. The number of nitrogens with one attached hydrogen (secondary N) is 1. The van der Waals surface area contributed by atoms with Crippen molar-refractivity contribution in [3.05, 3.63) is 91.7 Å². The van der Waals surface area contributed by atoms with Gasteiger partial charge >= 0.3 is 0 Å². The van der Waals surface area contributed by atoms with E-state index in [1.165, 1.54) is 23.8 Å². The Balaban J connectivity index is 1.99. The van der Waals surface area contributed by atoms with Crippen LogP contribution in [0.25, 0.3) is 0 Å². The molecule has 1 aromatic heterocycles. The number of nitro benzene ring substituents is 1. The normalized spacial score (nSPS) is 11.8. The van der Waals surface area contributed by atoms with Crippen molar-refractivity contribution in [3.8, 4) is 0 Å². The van der Waals surface area contributed by atoms with E-state index in [4.69, 9.17) is 5.73 Å². The van der Waals surface area contributed by atoms with Crippen molar-refractivity contribution in [1.82, 2.24) is 0 Å². The molecule has 3 aromatic rings. The summed E-state index contributed by atoms with van der Waals surface area (Å²) in [5, 5.41) is 16.8. The lowest BCUT2D eigenvalue weighted by Crippen LogP contribution is -2.14. The molecule has 0 fully saturated rings. The summed E-state index contributed by atoms with van der Waals surface area (Å²) in [4.78, 5) is 23.4. The van der Waals surface area contributed by atoms with E-state index in [2.05, 4.69) is 24.4 Å². The maximum absolute atomic E-state index is 11.5. The second-order valence-corrected chi connectivity index (χ2v) is 7.42. The number of anilines is 1. The number of nitro groups is 1. The average molecular weight is 395 g/mol. The lowest BCUT2D eigenvalue weighted by Gasteiger charge is -2.20. The Labute approximate surface area is 167 Å². The molecule has 2 aromatic carbocycles. The monoisotopic (exact) mass is 395 g/mol. The smallest absolute Gasteiger partial charge is 0.293 e. The van der Waals surface area contributed by atoms with Crippen molar-refractivity contribution < 1.29 is 9.72 Å². The zero-order valence-corrected chi connectivity index (χ0v) is 16.2. The van der Waals surface area contributed by atoms with Crippen LogP contribution < -0.4 is 11.1 Å². The van der Waals surface area contributed by atoms with Crippen LogP contribution in [0, 0.1) is 10.1 Å². The van der Waals surface area contributed by atoms with E-state index in [1.54, 1.807) is 11.3 Å². The molecule has 1 atom stereocenters. The fraction of sp³-hybridized carbons (Fsp3) is 0.190. The maximum atomic E-state index is 11.5. The molecular formula is C21H21N3O3S. The number of primary amides is 1. The van der Waals surface area contributed by atoms with E-state index in [0.717, 1.165) is 23.3 Å². The fourth-order valence-electron chi connectivity index (χ4n) is 3.05. The highest BCUT2D eigenvalue weighted by Crippen LogP contribution is 2.34. The first kappa shape index (κ1) is 19.6. The zero-order chi connectivity index (χ0) is 20.1. The second-order valence-electron chi connectivity index (χ2n) is 6.44. The van der Waals surface area contributed by atoms with E-state index in [-0.39, 0.29) is 17.3 Å². The van der Waals surface area contributed by atoms with Gasteiger partial charge in [0.1, 0.15) is 5.69 Å². The van der Waals surface area contributed by atoms with Crippen LogP contribution in [0.4, 0.5) is 11.4 Å². The molecule has 0 aliphatic rings. The third-order valence-corrected chi connectivity index (χ3v) is 5.40. The van der Waals surface area contributed by atoms with Gasteiger partial charge in [0.05, 0.1) is 11.0 Å². The van der Waals surface area contributed by atoms with Gasteiger partial charge in [0.15, 0.2) is 0 Å². The minimum Gasteiger partial charge on any atom is -0.368 e. The zero-order valence-electron chi connectivity index (χ0n) is 15.4. The van der Waals surface area contributed by atoms with Crippen LogP contribution in [-0.2, 0) is 6.42 Å². The predicted molar refractivity (Wildman–Crippen MR) is 112 cm³/mol. The quantitative estimate of drug-likeness (QED) is 0.418. The van der Waals surface area contributed by atoms with Crippen molar-refractivity contribution in [1.29, 1.82) is 0 Å². The summed E-state index contributed by atoms with van der Waals surface area (Å²) in [7, 11) is 0. The van der Waals surface area contributed by atoms with Gasteiger partial charge in [-0.15, -0.1) is 11.3 Å².